The molecule has 2 fully saturated rings. The number of carbonyl (C=O) groups is 2. The van der Waals surface area contributed by atoms with Gasteiger partial charge >= 0.3 is 5.97 Å². The van der Waals surface area contributed by atoms with Gasteiger partial charge in [0.25, 0.3) is 0 Å². The average molecular weight is 559 g/mol. The molecule has 6 nitrogen and oxygen atoms in total. The molecule has 2 bridgehead atoms. The van der Waals surface area contributed by atoms with E-state index in [9.17, 15) is 9.59 Å². The van der Waals surface area contributed by atoms with E-state index in [4.69, 9.17) is 9.47 Å². The van der Waals surface area contributed by atoms with Gasteiger partial charge in [-0.3, -0.25) is 19.4 Å². The Kier molecular flexibility index (Phi) is 8.24. The molecule has 0 N–H and O–H groups in total. The molecule has 0 radical (unpaired) electrons. The molecule has 0 aromatic heterocycles. The van der Waals surface area contributed by atoms with Crippen LogP contribution in [0, 0.1) is 5.92 Å². The lowest BCUT2D eigenvalue weighted by Gasteiger charge is -2.60. The Hall–Kier alpha value is -2.70. The van der Waals surface area contributed by atoms with Crippen LogP contribution in [0.2, 0.25) is 0 Å². The van der Waals surface area contributed by atoms with E-state index in [1.54, 1.807) is 6.92 Å². The number of unbranched alkanes of at least 4 members (excludes halogenated alkanes) is 3. The molecule has 1 saturated heterocycles. The van der Waals surface area contributed by atoms with Gasteiger partial charge in [-0.1, -0.05) is 56.2 Å². The van der Waals surface area contributed by atoms with Gasteiger partial charge in [-0.05, 0) is 94.6 Å². The second-order valence-electron chi connectivity index (χ2n) is 12.8. The number of piperidine rings is 1. The van der Waals surface area contributed by atoms with Gasteiger partial charge in [0.2, 0.25) is 0 Å². The van der Waals surface area contributed by atoms with Crippen molar-refractivity contribution in [3.8, 4) is 11.5 Å². The molecule has 4 aliphatic rings. The van der Waals surface area contributed by atoms with Crippen molar-refractivity contribution >= 4 is 11.8 Å². The summed E-state index contributed by atoms with van der Waals surface area (Å²) in [5.41, 5.74) is 3.98. The van der Waals surface area contributed by atoms with Crippen LogP contribution in [0.5, 0.6) is 11.5 Å². The summed E-state index contributed by atoms with van der Waals surface area (Å²) in [5, 5.41) is 0. The summed E-state index contributed by atoms with van der Waals surface area (Å²) in [6, 6.07) is 15.6. The van der Waals surface area contributed by atoms with Crippen molar-refractivity contribution in [1.82, 2.24) is 9.80 Å². The molecule has 1 spiro atoms. The first-order valence-electron chi connectivity index (χ1n) is 15.9. The first-order valence-corrected chi connectivity index (χ1v) is 15.9. The number of aryl methyl sites for hydroxylation is 1. The fourth-order valence-electron chi connectivity index (χ4n) is 8.88. The zero-order valence-electron chi connectivity index (χ0n) is 25.1. The lowest BCUT2D eigenvalue weighted by molar-refractivity contribution is -0.132. The Labute approximate surface area is 245 Å². The molecule has 2 aliphatic heterocycles. The van der Waals surface area contributed by atoms with E-state index < -0.39 is 0 Å². The zero-order chi connectivity index (χ0) is 28.6. The van der Waals surface area contributed by atoms with Gasteiger partial charge in [0.15, 0.2) is 11.5 Å². The number of Topliss-reactive ketones (excluding diaryl/α,β-unsaturated/α-hetero) is 1. The third kappa shape index (κ3) is 5.23. The minimum absolute atomic E-state index is 0.0482. The van der Waals surface area contributed by atoms with E-state index >= 15 is 0 Å². The van der Waals surface area contributed by atoms with E-state index in [1.165, 1.54) is 49.3 Å². The first kappa shape index (κ1) is 28.4. The van der Waals surface area contributed by atoms with Crippen LogP contribution >= 0.6 is 0 Å². The van der Waals surface area contributed by atoms with Crippen molar-refractivity contribution in [3.63, 3.8) is 0 Å². The number of nitrogens with zero attached hydrogens (tertiary/aromatic N) is 2. The lowest BCUT2D eigenvalue weighted by Crippen LogP contribution is -2.69. The van der Waals surface area contributed by atoms with Crippen LogP contribution in [0.3, 0.4) is 0 Å². The molecule has 1 saturated carbocycles. The number of esters is 1. The number of carbonyl (C=O) groups excluding carboxylic acids is 2. The maximum atomic E-state index is 12.2. The van der Waals surface area contributed by atoms with Gasteiger partial charge in [0, 0.05) is 30.0 Å². The molecule has 2 aliphatic carbocycles. The average Bonchev–Trinajstić information content (AvgIpc) is 3.31. The zero-order valence-corrected chi connectivity index (χ0v) is 25.1. The van der Waals surface area contributed by atoms with Gasteiger partial charge in [0.05, 0.1) is 6.54 Å². The van der Waals surface area contributed by atoms with Crippen LogP contribution in [0.15, 0.2) is 42.5 Å². The summed E-state index contributed by atoms with van der Waals surface area (Å²) in [6.07, 6.45) is 10.3. The molecule has 0 unspecified atom stereocenters. The fourth-order valence-corrected chi connectivity index (χ4v) is 8.88. The predicted molar refractivity (Wildman–Crippen MR) is 161 cm³/mol. The van der Waals surface area contributed by atoms with Gasteiger partial charge in [-0.15, -0.1) is 0 Å². The van der Waals surface area contributed by atoms with Crippen molar-refractivity contribution in [1.29, 1.82) is 0 Å². The highest BCUT2D eigenvalue weighted by Gasteiger charge is 2.66. The Morgan fingerprint density at radius 3 is 2.61 bits per heavy atom. The first-order chi connectivity index (χ1) is 19.9. The van der Waals surface area contributed by atoms with E-state index in [0.717, 1.165) is 57.5 Å². The number of ketones is 1. The Bertz CT molecular complexity index is 1260. The van der Waals surface area contributed by atoms with Crippen LogP contribution in [-0.2, 0) is 27.8 Å². The van der Waals surface area contributed by atoms with Crippen molar-refractivity contribution in [2.45, 2.75) is 102 Å². The van der Waals surface area contributed by atoms with E-state index in [1.807, 2.05) is 6.07 Å². The Morgan fingerprint density at radius 2 is 1.85 bits per heavy atom. The number of hydrogen-bond donors (Lipinski definition) is 0. The molecule has 6 heteroatoms. The normalized spacial score (nSPS) is 27.8. The van der Waals surface area contributed by atoms with Crippen LogP contribution in [-0.4, -0.2) is 65.9 Å². The number of rotatable bonds is 12. The molecule has 2 aromatic rings. The highest BCUT2D eigenvalue weighted by molar-refractivity contribution is 5.78. The van der Waals surface area contributed by atoms with Crippen molar-refractivity contribution in [3.05, 3.63) is 59.2 Å². The fraction of sp³-hybridized carbons (Fsp3) is 0.600. The minimum atomic E-state index is -0.308. The molecule has 2 aromatic carbocycles. The maximum absolute atomic E-state index is 12.2. The lowest BCUT2D eigenvalue weighted by atomic mass is 9.51. The third-order valence-electron chi connectivity index (χ3n) is 10.4. The summed E-state index contributed by atoms with van der Waals surface area (Å²) >= 11 is 0. The molecule has 41 heavy (non-hydrogen) atoms. The van der Waals surface area contributed by atoms with Crippen molar-refractivity contribution in [2.24, 2.45) is 5.92 Å². The summed E-state index contributed by atoms with van der Waals surface area (Å²) in [5.74, 6) is 1.78. The molecule has 0 amide bonds. The summed E-state index contributed by atoms with van der Waals surface area (Å²) in [6.45, 7) is 9.01. The topological polar surface area (TPSA) is 59.1 Å². The van der Waals surface area contributed by atoms with Gasteiger partial charge < -0.3 is 9.47 Å². The van der Waals surface area contributed by atoms with Gasteiger partial charge in [0.1, 0.15) is 11.9 Å². The summed E-state index contributed by atoms with van der Waals surface area (Å²) in [7, 11) is 0. The highest BCUT2D eigenvalue weighted by atomic mass is 16.6. The quantitative estimate of drug-likeness (QED) is 0.188. The number of benzene rings is 2. The molecule has 220 valence electrons. The largest absolute Gasteiger partial charge is 0.484 e. The number of likely N-dealkylation sites (N-methyl/N-ethyl adjacent to an activating group) is 1. The maximum Gasteiger partial charge on any atom is 0.308 e. The van der Waals surface area contributed by atoms with E-state index in [2.05, 4.69) is 53.1 Å². The molecule has 2 heterocycles. The standard InChI is InChI=1S/C35H46N2O4/c1-4-36(20-11-6-5-8-12-26-13-9-7-10-14-26)29-17-16-28-30-22-27-15-18-31(40-25(3)39)33-32(27)35(28,34(29)41-33)19-21-37(30)23-24(2)38/h7,9-10,13-15,18,28-30,34H,4-6,8,11-12,16-17,19-23H2,1-3H3/t28-,29+,30+,34-,35-/m0/s1. The summed E-state index contributed by atoms with van der Waals surface area (Å²) in [4.78, 5) is 29.3. The molecule has 5 atom stereocenters. The van der Waals surface area contributed by atoms with Crippen LogP contribution in [0.1, 0.15) is 82.4 Å². The Morgan fingerprint density at radius 1 is 1.05 bits per heavy atom. The van der Waals surface area contributed by atoms with Crippen LogP contribution in [0.25, 0.3) is 0 Å². The monoisotopic (exact) mass is 558 g/mol. The summed E-state index contributed by atoms with van der Waals surface area (Å²) < 4.78 is 12.7. The highest BCUT2D eigenvalue weighted by Crippen LogP contribution is 2.64. The molecule has 6 rings (SSSR count). The molecular formula is C35H46N2O4. The second-order valence-corrected chi connectivity index (χ2v) is 12.8. The number of ether oxygens (including phenoxy) is 2. The van der Waals surface area contributed by atoms with Crippen molar-refractivity contribution in [2.75, 3.05) is 26.2 Å². The van der Waals surface area contributed by atoms with Gasteiger partial charge in [-0.25, -0.2) is 0 Å². The van der Waals surface area contributed by atoms with E-state index in [0.29, 0.717) is 30.3 Å². The predicted octanol–water partition coefficient (Wildman–Crippen LogP) is 5.73. The second kappa shape index (κ2) is 11.9. The number of likely N-dealkylation sites (tertiary alicyclic amines) is 1. The SMILES string of the molecule is CCN(CCCCCCc1ccccc1)[C@@H]1CC[C@H]2[C@H]3Cc4ccc(OC(C)=O)c5c4[C@@]2(CCN3CC(C)=O)[C@H]1O5. The van der Waals surface area contributed by atoms with Crippen LogP contribution < -0.4 is 9.47 Å². The number of hydrogen-bond acceptors (Lipinski definition) is 6. The van der Waals surface area contributed by atoms with Crippen molar-refractivity contribution < 1.29 is 19.1 Å². The van der Waals surface area contributed by atoms with Gasteiger partial charge in [-0.2, -0.15) is 0 Å². The molecular weight excluding hydrogens is 512 g/mol. The Balaban J connectivity index is 1.21. The smallest absolute Gasteiger partial charge is 0.308 e. The third-order valence-corrected chi connectivity index (χ3v) is 10.4. The van der Waals surface area contributed by atoms with E-state index in [-0.39, 0.29) is 23.3 Å². The minimum Gasteiger partial charge on any atom is -0.484 e. The van der Waals surface area contributed by atoms with Crippen LogP contribution in [0.4, 0.5) is 0 Å².